The van der Waals surface area contributed by atoms with Crippen LogP contribution in [-0.4, -0.2) is 42.2 Å². The second-order valence-corrected chi connectivity index (χ2v) is 6.18. The molecule has 1 aliphatic rings. The van der Waals surface area contributed by atoms with E-state index in [1.54, 1.807) is 4.90 Å². The van der Waals surface area contributed by atoms with Crippen molar-refractivity contribution in [2.45, 2.75) is 12.8 Å². The molecule has 1 amide bonds. The minimum atomic E-state index is -0.0176. The molecule has 1 fully saturated rings. The molecule has 3 rings (SSSR count). The summed E-state index contributed by atoms with van der Waals surface area (Å²) in [6.45, 7) is 1.54. The van der Waals surface area contributed by atoms with Gasteiger partial charge in [0.15, 0.2) is 6.61 Å². The molecule has 1 aliphatic heterocycles. The summed E-state index contributed by atoms with van der Waals surface area (Å²) in [6, 6.07) is 17.8. The standard InChI is InChI=1S/C20H23NO3/c22-14-16-7-6-12-21(13-16)20(23)15-24-19-11-5-4-10-18(19)17-8-2-1-3-9-17/h1-5,8-11,16,22H,6-7,12-15H2. The molecule has 0 bridgehead atoms. The topological polar surface area (TPSA) is 49.8 Å². The lowest BCUT2D eigenvalue weighted by Crippen LogP contribution is -2.43. The summed E-state index contributed by atoms with van der Waals surface area (Å²) in [7, 11) is 0. The largest absolute Gasteiger partial charge is 0.483 e. The number of aliphatic hydroxyl groups is 1. The molecule has 0 radical (unpaired) electrons. The average Bonchev–Trinajstić information content (AvgIpc) is 2.67. The number of aliphatic hydroxyl groups excluding tert-OH is 1. The number of nitrogens with zero attached hydrogens (tertiary/aromatic N) is 1. The van der Waals surface area contributed by atoms with E-state index >= 15 is 0 Å². The molecule has 1 N–H and O–H groups in total. The maximum absolute atomic E-state index is 12.4. The van der Waals surface area contributed by atoms with Crippen molar-refractivity contribution < 1.29 is 14.6 Å². The highest BCUT2D eigenvalue weighted by Crippen LogP contribution is 2.29. The van der Waals surface area contributed by atoms with Crippen LogP contribution in [0.1, 0.15) is 12.8 Å². The predicted octanol–water partition coefficient (Wildman–Crippen LogP) is 2.96. The van der Waals surface area contributed by atoms with Crippen molar-refractivity contribution in [3.05, 3.63) is 54.6 Å². The van der Waals surface area contributed by atoms with Gasteiger partial charge in [-0.25, -0.2) is 0 Å². The van der Waals surface area contributed by atoms with Gasteiger partial charge >= 0.3 is 0 Å². The van der Waals surface area contributed by atoms with Gasteiger partial charge in [0.1, 0.15) is 5.75 Å². The van der Waals surface area contributed by atoms with E-state index in [2.05, 4.69) is 0 Å². The Kier molecular flexibility index (Phi) is 5.49. The fourth-order valence-corrected chi connectivity index (χ4v) is 3.12. The van der Waals surface area contributed by atoms with Gasteiger partial charge in [-0.1, -0.05) is 48.5 Å². The van der Waals surface area contributed by atoms with Crippen LogP contribution in [0.25, 0.3) is 11.1 Å². The number of likely N-dealkylation sites (tertiary alicyclic amines) is 1. The summed E-state index contributed by atoms with van der Waals surface area (Å²) in [5.41, 5.74) is 2.05. The SMILES string of the molecule is O=C(COc1ccccc1-c1ccccc1)N1CCCC(CO)C1. The molecule has 2 aromatic carbocycles. The van der Waals surface area contributed by atoms with Crippen molar-refractivity contribution >= 4 is 5.91 Å². The van der Waals surface area contributed by atoms with Crippen LogP contribution in [-0.2, 0) is 4.79 Å². The van der Waals surface area contributed by atoms with Crippen LogP contribution in [0, 0.1) is 5.92 Å². The number of hydrogen-bond acceptors (Lipinski definition) is 3. The average molecular weight is 325 g/mol. The quantitative estimate of drug-likeness (QED) is 0.919. The minimum Gasteiger partial charge on any atom is -0.483 e. The van der Waals surface area contributed by atoms with Crippen LogP contribution in [0.2, 0.25) is 0 Å². The monoisotopic (exact) mass is 325 g/mol. The number of hydrogen-bond donors (Lipinski definition) is 1. The molecule has 1 heterocycles. The minimum absolute atomic E-state index is 0.0176. The Morgan fingerprint density at radius 1 is 1.12 bits per heavy atom. The van der Waals surface area contributed by atoms with Gasteiger partial charge in [-0.05, 0) is 30.4 Å². The lowest BCUT2D eigenvalue weighted by atomic mass is 9.99. The Balaban J connectivity index is 1.66. The first-order chi connectivity index (χ1) is 11.8. The molecule has 0 spiro atoms. The normalized spacial score (nSPS) is 17.5. The fourth-order valence-electron chi connectivity index (χ4n) is 3.12. The molecule has 126 valence electrons. The summed E-state index contributed by atoms with van der Waals surface area (Å²) >= 11 is 0. The van der Waals surface area contributed by atoms with E-state index in [1.807, 2.05) is 54.6 Å². The van der Waals surface area contributed by atoms with Crippen LogP contribution in [0.5, 0.6) is 5.75 Å². The Labute approximate surface area is 142 Å². The lowest BCUT2D eigenvalue weighted by Gasteiger charge is -2.31. The van der Waals surface area contributed by atoms with E-state index in [4.69, 9.17) is 4.74 Å². The number of amides is 1. The van der Waals surface area contributed by atoms with Crippen LogP contribution >= 0.6 is 0 Å². The number of rotatable bonds is 5. The van der Waals surface area contributed by atoms with Gasteiger partial charge in [0.2, 0.25) is 0 Å². The van der Waals surface area contributed by atoms with Crippen LogP contribution < -0.4 is 4.74 Å². The zero-order valence-electron chi connectivity index (χ0n) is 13.7. The van der Waals surface area contributed by atoms with Gasteiger partial charge in [0.25, 0.3) is 5.91 Å². The summed E-state index contributed by atoms with van der Waals surface area (Å²) < 4.78 is 5.82. The molecule has 1 atom stereocenters. The van der Waals surface area contributed by atoms with Crippen molar-refractivity contribution in [1.82, 2.24) is 4.90 Å². The zero-order chi connectivity index (χ0) is 16.8. The van der Waals surface area contributed by atoms with E-state index in [-0.39, 0.29) is 25.0 Å². The summed E-state index contributed by atoms with van der Waals surface area (Å²) in [5.74, 6) is 0.892. The lowest BCUT2D eigenvalue weighted by molar-refractivity contribution is -0.135. The van der Waals surface area contributed by atoms with E-state index < -0.39 is 0 Å². The number of para-hydroxylation sites is 1. The molecule has 0 aliphatic carbocycles. The van der Waals surface area contributed by atoms with Gasteiger partial charge in [-0.2, -0.15) is 0 Å². The van der Waals surface area contributed by atoms with Crippen molar-refractivity contribution in [2.24, 2.45) is 5.92 Å². The van der Waals surface area contributed by atoms with Gasteiger partial charge in [0.05, 0.1) is 0 Å². The number of benzene rings is 2. The van der Waals surface area contributed by atoms with Crippen molar-refractivity contribution in [1.29, 1.82) is 0 Å². The first kappa shape index (κ1) is 16.5. The second-order valence-electron chi connectivity index (χ2n) is 6.18. The molecular weight excluding hydrogens is 302 g/mol. The summed E-state index contributed by atoms with van der Waals surface area (Å²) in [6.07, 6.45) is 1.93. The molecule has 0 saturated carbocycles. The summed E-state index contributed by atoms with van der Waals surface area (Å²) in [5, 5.41) is 9.29. The van der Waals surface area contributed by atoms with Gasteiger partial charge in [-0.3, -0.25) is 4.79 Å². The second kappa shape index (κ2) is 7.97. The summed E-state index contributed by atoms with van der Waals surface area (Å²) in [4.78, 5) is 14.2. The van der Waals surface area contributed by atoms with Gasteiger partial charge in [0, 0.05) is 25.3 Å². The van der Waals surface area contributed by atoms with Crippen LogP contribution in [0.3, 0.4) is 0 Å². The smallest absolute Gasteiger partial charge is 0.260 e. The van der Waals surface area contributed by atoms with E-state index in [9.17, 15) is 9.90 Å². The van der Waals surface area contributed by atoms with Crippen molar-refractivity contribution in [3.63, 3.8) is 0 Å². The molecule has 1 unspecified atom stereocenters. The molecule has 4 heteroatoms. The third-order valence-corrected chi connectivity index (χ3v) is 4.45. The molecule has 0 aromatic heterocycles. The Hall–Kier alpha value is -2.33. The molecule has 4 nitrogen and oxygen atoms in total. The highest BCUT2D eigenvalue weighted by atomic mass is 16.5. The highest BCUT2D eigenvalue weighted by molar-refractivity contribution is 5.78. The third-order valence-electron chi connectivity index (χ3n) is 4.45. The molecular formula is C20H23NO3. The number of carbonyl (C=O) groups excluding carboxylic acids is 1. The third kappa shape index (κ3) is 3.95. The fraction of sp³-hybridized carbons (Fsp3) is 0.350. The number of ether oxygens (including phenoxy) is 1. The number of carbonyl (C=O) groups is 1. The first-order valence-electron chi connectivity index (χ1n) is 8.44. The van der Waals surface area contributed by atoms with E-state index in [0.717, 1.165) is 30.5 Å². The Morgan fingerprint density at radius 2 is 1.88 bits per heavy atom. The predicted molar refractivity (Wildman–Crippen MR) is 93.8 cm³/mol. The Morgan fingerprint density at radius 3 is 2.67 bits per heavy atom. The highest BCUT2D eigenvalue weighted by Gasteiger charge is 2.23. The van der Waals surface area contributed by atoms with Crippen LogP contribution in [0.15, 0.2) is 54.6 Å². The van der Waals surface area contributed by atoms with Gasteiger partial charge < -0.3 is 14.7 Å². The van der Waals surface area contributed by atoms with Crippen LogP contribution in [0.4, 0.5) is 0 Å². The molecule has 24 heavy (non-hydrogen) atoms. The zero-order valence-corrected chi connectivity index (χ0v) is 13.7. The van der Waals surface area contributed by atoms with Gasteiger partial charge in [-0.15, -0.1) is 0 Å². The van der Waals surface area contributed by atoms with Crippen molar-refractivity contribution in [3.8, 4) is 16.9 Å². The molecule has 2 aromatic rings. The molecule has 1 saturated heterocycles. The van der Waals surface area contributed by atoms with E-state index in [0.29, 0.717) is 12.3 Å². The van der Waals surface area contributed by atoms with Crippen molar-refractivity contribution in [2.75, 3.05) is 26.3 Å². The maximum Gasteiger partial charge on any atom is 0.260 e. The number of piperidine rings is 1. The maximum atomic E-state index is 12.4. The van der Waals surface area contributed by atoms with E-state index in [1.165, 1.54) is 0 Å². The Bertz CT molecular complexity index is 672. The first-order valence-corrected chi connectivity index (χ1v) is 8.44.